The first-order chi connectivity index (χ1) is 12.1. The third kappa shape index (κ3) is 3.80. The number of amides is 1. The van der Waals surface area contributed by atoms with Crippen LogP contribution in [0.25, 0.3) is 5.69 Å². The minimum Gasteiger partial charge on any atom is -0.320 e. The van der Waals surface area contributed by atoms with Crippen LogP contribution in [-0.2, 0) is 6.42 Å². The molecule has 0 fully saturated rings. The van der Waals surface area contributed by atoms with Crippen molar-refractivity contribution in [2.45, 2.75) is 13.3 Å². The molecule has 0 atom stereocenters. The molecule has 0 aliphatic heterocycles. The molecule has 1 N–H and O–H groups in total. The van der Waals surface area contributed by atoms with Gasteiger partial charge in [0.25, 0.3) is 5.91 Å². The van der Waals surface area contributed by atoms with Gasteiger partial charge in [0, 0.05) is 18.0 Å². The summed E-state index contributed by atoms with van der Waals surface area (Å²) >= 11 is 0. The van der Waals surface area contributed by atoms with Crippen LogP contribution in [0.15, 0.2) is 65.6 Å². The summed E-state index contributed by atoms with van der Waals surface area (Å²) < 4.78 is 14.4. The highest BCUT2D eigenvalue weighted by Crippen LogP contribution is 2.11. The second-order valence-electron chi connectivity index (χ2n) is 5.45. The first-order valence-electron chi connectivity index (χ1n) is 7.83. The number of rotatable bonds is 4. The molecule has 0 radical (unpaired) electrons. The Hall–Kier alpha value is -3.28. The van der Waals surface area contributed by atoms with Crippen LogP contribution in [0.1, 0.15) is 23.0 Å². The number of nitrogens with zero attached hydrogens (tertiary/aromatic N) is 2. The predicted molar refractivity (Wildman–Crippen MR) is 93.6 cm³/mol. The monoisotopic (exact) mass is 337 g/mol. The van der Waals surface area contributed by atoms with Crippen molar-refractivity contribution in [1.82, 2.24) is 9.78 Å². The Morgan fingerprint density at radius 3 is 2.40 bits per heavy atom. The third-order valence-electron chi connectivity index (χ3n) is 3.73. The Bertz CT molecular complexity index is 948. The maximum atomic E-state index is 12.9. The fraction of sp³-hybridized carbons (Fsp3) is 0.105. The number of hydrogen-bond donors (Lipinski definition) is 1. The molecule has 1 amide bonds. The molecule has 0 unspecified atom stereocenters. The van der Waals surface area contributed by atoms with Gasteiger partial charge in [0.2, 0.25) is 5.43 Å². The van der Waals surface area contributed by atoms with Gasteiger partial charge in [0.1, 0.15) is 5.82 Å². The van der Waals surface area contributed by atoms with Crippen LogP contribution in [0.5, 0.6) is 0 Å². The zero-order valence-electron chi connectivity index (χ0n) is 13.6. The number of anilines is 1. The quantitative estimate of drug-likeness (QED) is 0.795. The predicted octanol–water partition coefficient (Wildman–Crippen LogP) is 3.19. The fourth-order valence-corrected chi connectivity index (χ4v) is 2.32. The molecule has 1 heterocycles. The van der Waals surface area contributed by atoms with E-state index in [-0.39, 0.29) is 5.69 Å². The lowest BCUT2D eigenvalue weighted by Gasteiger charge is -2.08. The molecule has 0 saturated heterocycles. The standard InChI is InChI=1S/C19H16FN3O2/c1-2-13-3-9-16(10-4-13)23-12-11-17(24)18(22-23)19(25)21-15-7-5-14(20)6-8-15/h3-12H,2H2,1H3,(H,21,25). The molecule has 3 aromatic rings. The zero-order valence-corrected chi connectivity index (χ0v) is 13.6. The van der Waals surface area contributed by atoms with Crippen molar-refractivity contribution < 1.29 is 9.18 Å². The number of carbonyl (C=O) groups is 1. The van der Waals surface area contributed by atoms with Crippen LogP contribution < -0.4 is 10.7 Å². The summed E-state index contributed by atoms with van der Waals surface area (Å²) in [6, 6.07) is 14.2. The van der Waals surface area contributed by atoms with Gasteiger partial charge in [-0.05, 0) is 48.4 Å². The minimum atomic E-state index is -0.642. The summed E-state index contributed by atoms with van der Waals surface area (Å²) in [4.78, 5) is 24.3. The van der Waals surface area contributed by atoms with Gasteiger partial charge in [-0.2, -0.15) is 5.10 Å². The maximum Gasteiger partial charge on any atom is 0.280 e. The van der Waals surface area contributed by atoms with E-state index in [4.69, 9.17) is 0 Å². The first-order valence-corrected chi connectivity index (χ1v) is 7.83. The van der Waals surface area contributed by atoms with Crippen molar-refractivity contribution >= 4 is 11.6 Å². The summed E-state index contributed by atoms with van der Waals surface area (Å²) in [6.45, 7) is 2.06. The summed E-state index contributed by atoms with van der Waals surface area (Å²) in [7, 11) is 0. The molecule has 5 nitrogen and oxygen atoms in total. The molecule has 126 valence electrons. The SMILES string of the molecule is CCc1ccc(-n2ccc(=O)c(C(=O)Nc3ccc(F)cc3)n2)cc1. The smallest absolute Gasteiger partial charge is 0.280 e. The van der Waals surface area contributed by atoms with Crippen LogP contribution in [-0.4, -0.2) is 15.7 Å². The number of aromatic nitrogens is 2. The van der Waals surface area contributed by atoms with Gasteiger partial charge in [-0.3, -0.25) is 9.59 Å². The van der Waals surface area contributed by atoms with Crippen molar-refractivity contribution in [1.29, 1.82) is 0 Å². The van der Waals surface area contributed by atoms with Crippen molar-refractivity contribution in [3.05, 3.63) is 88.1 Å². The van der Waals surface area contributed by atoms with Gasteiger partial charge in [-0.25, -0.2) is 9.07 Å². The number of nitrogens with one attached hydrogen (secondary N) is 1. The average molecular weight is 337 g/mol. The number of hydrogen-bond acceptors (Lipinski definition) is 3. The molecular formula is C19H16FN3O2. The average Bonchev–Trinajstić information content (AvgIpc) is 2.64. The molecular weight excluding hydrogens is 321 g/mol. The van der Waals surface area contributed by atoms with Gasteiger partial charge < -0.3 is 5.32 Å². The lowest BCUT2D eigenvalue weighted by Crippen LogP contribution is -2.25. The normalized spacial score (nSPS) is 10.5. The van der Waals surface area contributed by atoms with Gasteiger partial charge in [-0.1, -0.05) is 19.1 Å². The molecule has 0 saturated carbocycles. The fourth-order valence-electron chi connectivity index (χ4n) is 2.32. The lowest BCUT2D eigenvalue weighted by molar-refractivity contribution is 0.101. The van der Waals surface area contributed by atoms with E-state index in [1.807, 2.05) is 24.3 Å². The van der Waals surface area contributed by atoms with Crippen molar-refractivity contribution in [3.63, 3.8) is 0 Å². The van der Waals surface area contributed by atoms with Gasteiger partial charge in [0.15, 0.2) is 5.69 Å². The Balaban J connectivity index is 1.89. The van der Waals surface area contributed by atoms with E-state index >= 15 is 0 Å². The number of carbonyl (C=O) groups excluding carboxylic acids is 1. The molecule has 2 aromatic carbocycles. The molecule has 6 heteroatoms. The van der Waals surface area contributed by atoms with Gasteiger partial charge in [0.05, 0.1) is 5.69 Å². The first kappa shape index (κ1) is 16.6. The van der Waals surface area contributed by atoms with Crippen LogP contribution in [0.4, 0.5) is 10.1 Å². The minimum absolute atomic E-state index is 0.230. The van der Waals surface area contributed by atoms with Gasteiger partial charge >= 0.3 is 0 Å². The van der Waals surface area contributed by atoms with Crippen molar-refractivity contribution in [2.24, 2.45) is 0 Å². The third-order valence-corrected chi connectivity index (χ3v) is 3.73. The summed E-state index contributed by atoms with van der Waals surface area (Å²) in [5.74, 6) is -1.05. The van der Waals surface area contributed by atoms with Crippen LogP contribution >= 0.6 is 0 Å². The molecule has 0 spiro atoms. The van der Waals surface area contributed by atoms with Gasteiger partial charge in [-0.15, -0.1) is 0 Å². The summed E-state index contributed by atoms with van der Waals surface area (Å²) in [6.07, 6.45) is 2.43. The van der Waals surface area contributed by atoms with E-state index in [9.17, 15) is 14.0 Å². The number of halogens is 1. The zero-order chi connectivity index (χ0) is 17.8. The highest BCUT2D eigenvalue weighted by atomic mass is 19.1. The molecule has 25 heavy (non-hydrogen) atoms. The van der Waals surface area contributed by atoms with E-state index in [1.165, 1.54) is 46.8 Å². The topological polar surface area (TPSA) is 64.0 Å². The van der Waals surface area contributed by atoms with E-state index in [0.717, 1.165) is 12.1 Å². The van der Waals surface area contributed by atoms with Crippen LogP contribution in [0.3, 0.4) is 0 Å². The molecule has 0 aliphatic carbocycles. The second-order valence-corrected chi connectivity index (χ2v) is 5.45. The Kier molecular flexibility index (Phi) is 4.70. The van der Waals surface area contributed by atoms with E-state index in [2.05, 4.69) is 17.3 Å². The van der Waals surface area contributed by atoms with Crippen LogP contribution in [0, 0.1) is 5.82 Å². The summed E-state index contributed by atoms with van der Waals surface area (Å²) in [5, 5.41) is 6.67. The lowest BCUT2D eigenvalue weighted by atomic mass is 10.1. The summed E-state index contributed by atoms with van der Waals surface area (Å²) in [5.41, 5.74) is 1.59. The Morgan fingerprint density at radius 2 is 1.76 bits per heavy atom. The van der Waals surface area contributed by atoms with E-state index in [1.54, 1.807) is 0 Å². The van der Waals surface area contributed by atoms with E-state index in [0.29, 0.717) is 5.69 Å². The molecule has 0 aliphatic rings. The second kappa shape index (κ2) is 7.09. The van der Waals surface area contributed by atoms with Crippen molar-refractivity contribution in [3.8, 4) is 5.69 Å². The van der Waals surface area contributed by atoms with Crippen molar-refractivity contribution in [2.75, 3.05) is 5.32 Å². The number of aryl methyl sites for hydroxylation is 1. The maximum absolute atomic E-state index is 12.9. The molecule has 3 rings (SSSR count). The van der Waals surface area contributed by atoms with E-state index < -0.39 is 17.2 Å². The molecule has 1 aromatic heterocycles. The van der Waals surface area contributed by atoms with Crippen LogP contribution in [0.2, 0.25) is 0 Å². The Morgan fingerprint density at radius 1 is 1.08 bits per heavy atom. The largest absolute Gasteiger partial charge is 0.320 e. The highest BCUT2D eigenvalue weighted by Gasteiger charge is 2.14. The molecule has 0 bridgehead atoms. The highest BCUT2D eigenvalue weighted by molar-refractivity contribution is 6.02. The number of benzene rings is 2. The Labute approximate surface area is 143 Å².